The van der Waals surface area contributed by atoms with Gasteiger partial charge in [0.05, 0.1) is 0 Å². The Hall–Kier alpha value is -3.62. The molecule has 7 nitrogen and oxygen atoms in total. The molecule has 1 amide bonds. The minimum Gasteiger partial charge on any atom is -0.448 e. The van der Waals surface area contributed by atoms with Crippen molar-refractivity contribution in [2.24, 2.45) is 0 Å². The summed E-state index contributed by atoms with van der Waals surface area (Å²) in [6.45, 7) is 4.13. The summed E-state index contributed by atoms with van der Waals surface area (Å²) in [5.41, 5.74) is 6.91. The highest BCUT2D eigenvalue weighted by Crippen LogP contribution is 2.44. The molecule has 1 aliphatic heterocycles. The van der Waals surface area contributed by atoms with Crippen LogP contribution < -0.4 is 10.4 Å². The topological polar surface area (TPSA) is 90.3 Å². The number of hydrogen-bond acceptors (Lipinski definition) is 6. The lowest BCUT2D eigenvalue weighted by molar-refractivity contribution is 0.0976. The molecule has 0 bridgehead atoms. The average molecular weight is 470 g/mol. The zero-order valence-corrected chi connectivity index (χ0v) is 19.6. The summed E-state index contributed by atoms with van der Waals surface area (Å²) in [5.74, 6) is 0.0182. The predicted octanol–water partition coefficient (Wildman–Crippen LogP) is 2.56. The van der Waals surface area contributed by atoms with E-state index in [0.717, 1.165) is 5.69 Å². The van der Waals surface area contributed by atoms with Gasteiger partial charge in [-0.1, -0.05) is 54.6 Å². The van der Waals surface area contributed by atoms with E-state index in [9.17, 15) is 19.6 Å². The van der Waals surface area contributed by atoms with Crippen molar-refractivity contribution >= 4 is 30.6 Å². The first-order valence-corrected chi connectivity index (χ1v) is 11.8. The second-order valence-electron chi connectivity index (χ2n) is 9.02. The molecule has 8 heteroatoms. The zero-order chi connectivity index (χ0) is 24.5. The number of aldehydes is 1. The molecule has 0 unspecified atom stereocenters. The number of benzene rings is 3. The van der Waals surface area contributed by atoms with Gasteiger partial charge in [0.15, 0.2) is 0 Å². The summed E-state index contributed by atoms with van der Waals surface area (Å²) in [5, 5.41) is 19.4. The van der Waals surface area contributed by atoms with Crippen LogP contribution >= 0.6 is 0 Å². The fraction of sp³-hybridized carbons (Fsp3) is 0.259. The summed E-state index contributed by atoms with van der Waals surface area (Å²) in [4.78, 5) is 28.0. The van der Waals surface area contributed by atoms with Crippen molar-refractivity contribution in [2.75, 3.05) is 37.7 Å². The summed E-state index contributed by atoms with van der Waals surface area (Å²) < 4.78 is 5.79. The van der Waals surface area contributed by atoms with E-state index in [2.05, 4.69) is 29.2 Å². The quantitative estimate of drug-likeness (QED) is 0.440. The first kappa shape index (κ1) is 23.1. The maximum atomic E-state index is 12.9. The summed E-state index contributed by atoms with van der Waals surface area (Å²) in [6, 6.07) is 19.7. The van der Waals surface area contributed by atoms with Crippen LogP contribution in [-0.4, -0.2) is 67.2 Å². The molecular weight excluding hydrogens is 443 g/mol. The lowest BCUT2D eigenvalue weighted by Gasteiger charge is -2.36. The number of hydrogen-bond donors (Lipinski definition) is 2. The number of nitrogens with zero attached hydrogens (tertiary/aromatic N) is 2. The third-order valence-corrected chi connectivity index (χ3v) is 7.07. The molecule has 0 atom stereocenters. The van der Waals surface area contributed by atoms with Gasteiger partial charge < -0.3 is 24.6 Å². The Balaban J connectivity index is 1.24. The summed E-state index contributed by atoms with van der Waals surface area (Å²) in [7, 11) is -1.66. The van der Waals surface area contributed by atoms with E-state index in [1.807, 2.05) is 24.3 Å². The van der Waals surface area contributed by atoms with Gasteiger partial charge in [0.2, 0.25) is 0 Å². The lowest BCUT2D eigenvalue weighted by Crippen LogP contribution is -2.49. The van der Waals surface area contributed by atoms with Crippen molar-refractivity contribution in [3.8, 4) is 11.1 Å². The Morgan fingerprint density at radius 2 is 1.60 bits per heavy atom. The number of carbonyl (C=O) groups is 2. The molecule has 35 heavy (non-hydrogen) atoms. The van der Waals surface area contributed by atoms with Gasteiger partial charge in [0, 0.05) is 43.3 Å². The van der Waals surface area contributed by atoms with Crippen LogP contribution in [0.5, 0.6) is 0 Å². The number of carbonyl (C=O) groups excluding carboxylic acids is 2. The van der Waals surface area contributed by atoms with Gasteiger partial charge in [0.1, 0.15) is 12.9 Å². The molecule has 1 aliphatic carbocycles. The van der Waals surface area contributed by atoms with Gasteiger partial charge in [-0.2, -0.15) is 0 Å². The number of ether oxygens (including phenoxy) is 1. The molecule has 5 rings (SSSR count). The number of anilines is 1. The van der Waals surface area contributed by atoms with Crippen LogP contribution in [0.2, 0.25) is 0 Å². The minimum atomic E-state index is -1.66. The Bertz CT molecular complexity index is 1220. The Morgan fingerprint density at radius 1 is 1.00 bits per heavy atom. The second-order valence-corrected chi connectivity index (χ2v) is 9.02. The molecule has 0 radical (unpaired) electrons. The normalized spacial score (nSPS) is 14.9. The van der Waals surface area contributed by atoms with Gasteiger partial charge in [-0.25, -0.2) is 4.79 Å². The lowest BCUT2D eigenvalue weighted by atomic mass is 9.76. The van der Waals surface area contributed by atoms with E-state index in [1.165, 1.54) is 28.3 Å². The summed E-state index contributed by atoms with van der Waals surface area (Å²) >= 11 is 0. The van der Waals surface area contributed by atoms with Crippen molar-refractivity contribution in [3.05, 3.63) is 82.9 Å². The van der Waals surface area contributed by atoms with E-state index >= 15 is 0 Å². The molecule has 0 spiro atoms. The van der Waals surface area contributed by atoms with Gasteiger partial charge in [-0.05, 0) is 46.3 Å². The van der Waals surface area contributed by atoms with E-state index < -0.39 is 7.12 Å². The van der Waals surface area contributed by atoms with Crippen molar-refractivity contribution in [3.63, 3.8) is 0 Å². The van der Waals surface area contributed by atoms with E-state index in [-0.39, 0.29) is 18.6 Å². The molecule has 3 aromatic carbocycles. The smallest absolute Gasteiger partial charge is 0.448 e. The number of fused-ring (bicyclic) bond motifs is 3. The van der Waals surface area contributed by atoms with Crippen LogP contribution in [0.4, 0.5) is 10.5 Å². The van der Waals surface area contributed by atoms with Crippen LogP contribution in [-0.2, 0) is 4.74 Å². The van der Waals surface area contributed by atoms with Gasteiger partial charge in [0.25, 0.3) is 0 Å². The average Bonchev–Trinajstić information content (AvgIpc) is 3.21. The highest BCUT2D eigenvalue weighted by Gasteiger charge is 2.31. The Morgan fingerprint density at radius 3 is 2.17 bits per heavy atom. The van der Waals surface area contributed by atoms with E-state index in [0.29, 0.717) is 49.1 Å². The van der Waals surface area contributed by atoms with Gasteiger partial charge >= 0.3 is 13.2 Å². The van der Waals surface area contributed by atoms with Crippen LogP contribution in [0.25, 0.3) is 11.1 Å². The van der Waals surface area contributed by atoms with Crippen molar-refractivity contribution < 1.29 is 24.4 Å². The van der Waals surface area contributed by atoms with Crippen LogP contribution in [0.15, 0.2) is 60.7 Å². The largest absolute Gasteiger partial charge is 0.488 e. The van der Waals surface area contributed by atoms with E-state index in [1.54, 1.807) is 17.9 Å². The third kappa shape index (κ3) is 4.31. The standard InChI is InChI=1S/C27H27BN2O5/c1-18-25(28(33)34)14-19(16-31)15-26(18)29-10-12-30(13-11-29)27(32)35-17-24-22-8-4-2-6-20(22)21-7-3-5-9-23(21)24/h2-9,14-16,24,33-34H,10-13,17H2,1H3. The van der Waals surface area contributed by atoms with Gasteiger partial charge in [-0.3, -0.25) is 4.79 Å². The minimum absolute atomic E-state index is 0.0182. The number of rotatable bonds is 5. The molecule has 0 aromatic heterocycles. The van der Waals surface area contributed by atoms with Gasteiger partial charge in [-0.15, -0.1) is 0 Å². The van der Waals surface area contributed by atoms with Crippen LogP contribution in [0.1, 0.15) is 33.0 Å². The molecule has 3 aromatic rings. The first-order chi connectivity index (χ1) is 17.0. The predicted molar refractivity (Wildman–Crippen MR) is 135 cm³/mol. The van der Waals surface area contributed by atoms with Crippen molar-refractivity contribution in [1.29, 1.82) is 0 Å². The van der Waals surface area contributed by atoms with E-state index in [4.69, 9.17) is 4.74 Å². The zero-order valence-electron chi connectivity index (χ0n) is 19.6. The maximum Gasteiger partial charge on any atom is 0.488 e. The molecule has 1 fully saturated rings. The fourth-order valence-corrected chi connectivity index (χ4v) is 5.22. The molecule has 1 saturated heterocycles. The molecule has 2 N–H and O–H groups in total. The molecule has 0 saturated carbocycles. The fourth-order valence-electron chi connectivity index (χ4n) is 5.22. The second kappa shape index (κ2) is 9.56. The monoisotopic (exact) mass is 470 g/mol. The molecule has 2 aliphatic rings. The van der Waals surface area contributed by atoms with Crippen LogP contribution in [0.3, 0.4) is 0 Å². The van der Waals surface area contributed by atoms with Crippen molar-refractivity contribution in [2.45, 2.75) is 12.8 Å². The highest BCUT2D eigenvalue weighted by atomic mass is 16.6. The number of amides is 1. The number of piperazine rings is 1. The third-order valence-electron chi connectivity index (χ3n) is 7.07. The van der Waals surface area contributed by atoms with Crippen molar-refractivity contribution in [1.82, 2.24) is 4.90 Å². The molecular formula is C27H27BN2O5. The first-order valence-electron chi connectivity index (χ1n) is 11.8. The molecule has 178 valence electrons. The van der Waals surface area contributed by atoms with Crippen LogP contribution in [0, 0.1) is 6.92 Å². The SMILES string of the molecule is Cc1c(B(O)O)cc(C=O)cc1N1CCN(C(=O)OCC2c3ccccc3-c3ccccc32)CC1. The Labute approximate surface area is 204 Å². The molecule has 1 heterocycles. The Kier molecular flexibility index (Phi) is 6.32. The summed E-state index contributed by atoms with van der Waals surface area (Å²) in [6.07, 6.45) is 0.359. The highest BCUT2D eigenvalue weighted by molar-refractivity contribution is 6.59. The maximum absolute atomic E-state index is 12.9.